The topological polar surface area (TPSA) is 29.1 Å². The summed E-state index contributed by atoms with van der Waals surface area (Å²) in [5, 5.41) is 2.66. The summed E-state index contributed by atoms with van der Waals surface area (Å²) in [6, 6.07) is 0. The minimum Gasteiger partial charge on any atom is -0.355 e. The molecule has 0 spiro atoms. The monoisotopic (exact) mass is 179 g/mol. The fourth-order valence-corrected chi connectivity index (χ4v) is 0.469. The van der Waals surface area contributed by atoms with E-state index in [0.717, 1.165) is 0 Å². The fourth-order valence-electron chi connectivity index (χ4n) is 0.375. The van der Waals surface area contributed by atoms with E-state index in [2.05, 4.69) is 5.32 Å². The largest absolute Gasteiger partial charge is 0.355 e. The van der Waals surface area contributed by atoms with Gasteiger partial charge in [-0.05, 0) is 0 Å². The van der Waals surface area contributed by atoms with Gasteiger partial charge in [-0.25, -0.2) is 0 Å². The molecule has 0 unspecified atom stereocenters. The maximum absolute atomic E-state index is 10.7. The summed E-state index contributed by atoms with van der Waals surface area (Å²) in [6.07, 6.45) is 0. The molecule has 0 bridgehead atoms. The number of nitrogens with one attached hydrogen (secondary N) is 1. The SMILES string of the molecule is CC.CC(C)C(=O)NCCCl. The zero-order valence-corrected chi connectivity index (χ0v) is 8.53. The van der Waals surface area contributed by atoms with Gasteiger partial charge in [0, 0.05) is 18.3 Å². The van der Waals surface area contributed by atoms with E-state index >= 15 is 0 Å². The molecule has 0 aliphatic heterocycles. The van der Waals surface area contributed by atoms with E-state index in [1.54, 1.807) is 0 Å². The average Bonchev–Trinajstić information content (AvgIpc) is 2.03. The molecular weight excluding hydrogens is 162 g/mol. The lowest BCUT2D eigenvalue weighted by molar-refractivity contribution is -0.123. The summed E-state index contributed by atoms with van der Waals surface area (Å²) >= 11 is 5.34. The van der Waals surface area contributed by atoms with Crippen LogP contribution in [0.4, 0.5) is 0 Å². The molecule has 0 rings (SSSR count). The highest BCUT2D eigenvalue weighted by atomic mass is 35.5. The Bertz CT molecular complexity index is 94.1. The van der Waals surface area contributed by atoms with Gasteiger partial charge < -0.3 is 5.32 Å². The van der Waals surface area contributed by atoms with Gasteiger partial charge in [0.05, 0.1) is 0 Å². The van der Waals surface area contributed by atoms with Crippen LogP contribution in [0.5, 0.6) is 0 Å². The summed E-state index contributed by atoms with van der Waals surface area (Å²) in [7, 11) is 0. The molecule has 1 amide bonds. The van der Waals surface area contributed by atoms with Crippen molar-refractivity contribution in [2.24, 2.45) is 5.92 Å². The first-order valence-corrected chi connectivity index (χ1v) is 4.55. The molecule has 11 heavy (non-hydrogen) atoms. The number of halogens is 1. The highest BCUT2D eigenvalue weighted by Gasteiger charge is 2.03. The molecule has 3 heteroatoms. The summed E-state index contributed by atoms with van der Waals surface area (Å²) in [5.41, 5.74) is 0. The van der Waals surface area contributed by atoms with Crippen LogP contribution in [0.25, 0.3) is 0 Å². The average molecular weight is 180 g/mol. The van der Waals surface area contributed by atoms with Crippen LogP contribution in [-0.4, -0.2) is 18.3 Å². The number of carbonyl (C=O) groups excluding carboxylic acids is 1. The van der Waals surface area contributed by atoms with E-state index in [-0.39, 0.29) is 11.8 Å². The molecule has 0 aliphatic rings. The van der Waals surface area contributed by atoms with E-state index in [0.29, 0.717) is 12.4 Å². The third-order valence-electron chi connectivity index (χ3n) is 0.918. The van der Waals surface area contributed by atoms with Gasteiger partial charge in [0.2, 0.25) is 5.91 Å². The molecule has 0 heterocycles. The van der Waals surface area contributed by atoms with Crippen LogP contribution >= 0.6 is 11.6 Å². The van der Waals surface area contributed by atoms with Crippen LogP contribution in [0.15, 0.2) is 0 Å². The van der Waals surface area contributed by atoms with Gasteiger partial charge in [-0.2, -0.15) is 0 Å². The highest BCUT2D eigenvalue weighted by molar-refractivity contribution is 6.18. The van der Waals surface area contributed by atoms with Crippen LogP contribution in [0.2, 0.25) is 0 Å². The fraction of sp³-hybridized carbons (Fsp3) is 0.875. The third kappa shape index (κ3) is 9.76. The van der Waals surface area contributed by atoms with Crippen LogP contribution in [0.1, 0.15) is 27.7 Å². The van der Waals surface area contributed by atoms with Crippen LogP contribution in [0.3, 0.4) is 0 Å². The Labute approximate surface area is 74.3 Å². The Morgan fingerprint density at radius 2 is 1.91 bits per heavy atom. The van der Waals surface area contributed by atoms with Crippen molar-refractivity contribution in [1.29, 1.82) is 0 Å². The van der Waals surface area contributed by atoms with Crippen molar-refractivity contribution in [2.75, 3.05) is 12.4 Å². The van der Waals surface area contributed by atoms with Crippen LogP contribution in [-0.2, 0) is 4.79 Å². The van der Waals surface area contributed by atoms with Crippen LogP contribution < -0.4 is 5.32 Å². The molecule has 0 radical (unpaired) electrons. The zero-order chi connectivity index (χ0) is 9.28. The molecule has 1 N–H and O–H groups in total. The summed E-state index contributed by atoms with van der Waals surface area (Å²) in [6.45, 7) is 8.27. The number of hydrogen-bond donors (Lipinski definition) is 1. The maximum atomic E-state index is 10.7. The summed E-state index contributed by atoms with van der Waals surface area (Å²) in [5.74, 6) is 0.613. The quantitative estimate of drug-likeness (QED) is 0.660. The van der Waals surface area contributed by atoms with Crippen molar-refractivity contribution in [3.05, 3.63) is 0 Å². The number of carbonyl (C=O) groups is 1. The Kier molecular flexibility index (Phi) is 11.9. The second kappa shape index (κ2) is 9.76. The van der Waals surface area contributed by atoms with Crippen molar-refractivity contribution >= 4 is 17.5 Å². The number of alkyl halides is 1. The van der Waals surface area contributed by atoms with Crippen molar-refractivity contribution in [1.82, 2.24) is 5.32 Å². The van der Waals surface area contributed by atoms with Crippen molar-refractivity contribution in [3.8, 4) is 0 Å². The first-order chi connectivity index (χ1) is 5.18. The first kappa shape index (κ1) is 13.4. The van der Waals surface area contributed by atoms with Gasteiger partial charge in [-0.15, -0.1) is 11.6 Å². The number of amides is 1. The molecule has 0 aromatic carbocycles. The van der Waals surface area contributed by atoms with Gasteiger partial charge in [-0.3, -0.25) is 4.79 Å². The number of hydrogen-bond acceptors (Lipinski definition) is 1. The smallest absolute Gasteiger partial charge is 0.222 e. The predicted molar refractivity (Wildman–Crippen MR) is 49.9 cm³/mol. The van der Waals surface area contributed by atoms with Crippen LogP contribution in [0, 0.1) is 5.92 Å². The molecule has 0 saturated carbocycles. The first-order valence-electron chi connectivity index (χ1n) is 4.02. The highest BCUT2D eigenvalue weighted by Crippen LogP contribution is 1.89. The lowest BCUT2D eigenvalue weighted by Crippen LogP contribution is -2.29. The van der Waals surface area contributed by atoms with Crippen molar-refractivity contribution in [3.63, 3.8) is 0 Å². The minimum atomic E-state index is 0.0632. The van der Waals surface area contributed by atoms with E-state index in [4.69, 9.17) is 11.6 Å². The third-order valence-corrected chi connectivity index (χ3v) is 1.11. The Morgan fingerprint density at radius 1 is 1.45 bits per heavy atom. The maximum Gasteiger partial charge on any atom is 0.222 e. The van der Waals surface area contributed by atoms with Gasteiger partial charge in [-0.1, -0.05) is 27.7 Å². The Hall–Kier alpha value is -0.240. The van der Waals surface area contributed by atoms with E-state index < -0.39 is 0 Å². The van der Waals surface area contributed by atoms with Gasteiger partial charge in [0.15, 0.2) is 0 Å². The molecule has 0 saturated heterocycles. The molecule has 0 aromatic heterocycles. The van der Waals surface area contributed by atoms with E-state index in [1.807, 2.05) is 27.7 Å². The zero-order valence-electron chi connectivity index (χ0n) is 7.78. The molecule has 68 valence electrons. The molecule has 0 aliphatic carbocycles. The molecule has 0 fully saturated rings. The molecule has 0 aromatic rings. The van der Waals surface area contributed by atoms with Gasteiger partial charge >= 0.3 is 0 Å². The summed E-state index contributed by atoms with van der Waals surface area (Å²) in [4.78, 5) is 10.7. The van der Waals surface area contributed by atoms with Gasteiger partial charge in [0.25, 0.3) is 0 Å². The van der Waals surface area contributed by atoms with E-state index in [1.165, 1.54) is 0 Å². The Balaban J connectivity index is 0. The summed E-state index contributed by atoms with van der Waals surface area (Å²) < 4.78 is 0. The van der Waals surface area contributed by atoms with E-state index in [9.17, 15) is 4.79 Å². The van der Waals surface area contributed by atoms with Crippen molar-refractivity contribution < 1.29 is 4.79 Å². The lowest BCUT2D eigenvalue weighted by Gasteiger charge is -2.03. The van der Waals surface area contributed by atoms with Gasteiger partial charge in [0.1, 0.15) is 0 Å². The molecular formula is C8H18ClNO. The molecule has 0 atom stereocenters. The second-order valence-electron chi connectivity index (χ2n) is 2.13. The molecule has 2 nitrogen and oxygen atoms in total. The predicted octanol–water partition coefficient (Wildman–Crippen LogP) is 2.02. The minimum absolute atomic E-state index is 0.0632. The van der Waals surface area contributed by atoms with Crippen molar-refractivity contribution in [2.45, 2.75) is 27.7 Å². The Morgan fingerprint density at radius 3 is 2.18 bits per heavy atom. The normalized spacial score (nSPS) is 8.55. The number of rotatable bonds is 3. The lowest BCUT2D eigenvalue weighted by atomic mass is 10.2. The second-order valence-corrected chi connectivity index (χ2v) is 2.51. The standard InChI is InChI=1S/C6H12ClNO.C2H6/c1-5(2)6(9)8-4-3-7;1-2/h5H,3-4H2,1-2H3,(H,8,9);1-2H3.